The molecule has 1 nitrogen and oxygen atoms in total. The minimum absolute atomic E-state index is 0. The average molecular weight is 96.0 g/mol. The van der Waals surface area contributed by atoms with Crippen LogP contribution >= 0.6 is 0 Å². The number of rotatable bonds is 0. The predicted octanol–water partition coefficient (Wildman–Crippen LogP) is 0.0734. The molecule has 0 aromatic heterocycles. The summed E-state index contributed by atoms with van der Waals surface area (Å²) in [6.07, 6.45) is 0. The van der Waals surface area contributed by atoms with Gasteiger partial charge in [-0.25, -0.2) is 0 Å². The Kier molecular flexibility index (Phi) is 2010. The van der Waals surface area contributed by atoms with Crippen molar-refractivity contribution >= 4 is 0 Å². The van der Waals surface area contributed by atoms with E-state index in [9.17, 15) is 0 Å². The minimum atomic E-state index is 0. The van der Waals surface area contributed by atoms with Crippen molar-refractivity contribution in [3.05, 3.63) is 14.9 Å². The summed E-state index contributed by atoms with van der Waals surface area (Å²) < 4.78 is 0. The normalized spacial score (nSPS) is 0. The van der Waals surface area contributed by atoms with E-state index in [1.165, 1.54) is 0 Å². The largest absolute Gasteiger partial charge is 2.00 e. The fraction of sp³-hybridized carbons (Fsp3) is 0. The molecule has 26 valence electrons. The first-order chi connectivity index (χ1) is 0. The van der Waals surface area contributed by atoms with Crippen LogP contribution in [0.5, 0.6) is 0 Å². The third kappa shape index (κ3) is 16.5. The molecule has 0 heterocycles. The van der Waals surface area contributed by atoms with Crippen molar-refractivity contribution in [3.63, 3.8) is 0 Å². The van der Waals surface area contributed by atoms with Crippen LogP contribution in [0.3, 0.4) is 0 Å². The number of hydrogen-bond donors (Lipinski definition) is 0. The second kappa shape index (κ2) is 57.8. The monoisotopic (exact) mass is 96.0 g/mol. The van der Waals surface area contributed by atoms with Gasteiger partial charge in [-0.15, -0.1) is 0 Å². The Morgan fingerprint density at radius 2 is 0.750 bits per heavy atom. The average Bonchev–Trinajstić information content (AvgIpc) is 0. The van der Waals surface area contributed by atoms with Crippen LogP contribution in [0.1, 0.15) is 0 Å². The molecule has 0 aliphatic rings. The van der Waals surface area contributed by atoms with Gasteiger partial charge in [0, 0.05) is 0 Å². The van der Waals surface area contributed by atoms with Crippen LogP contribution in [-0.2, 0) is 21.7 Å². The van der Waals surface area contributed by atoms with E-state index in [2.05, 4.69) is 0 Å². The molecule has 0 saturated carbocycles. The molecule has 0 amide bonds. The maximum atomic E-state index is 0. The molecule has 0 unspecified atom stereocenters. The molecule has 0 aromatic carbocycles. The summed E-state index contributed by atoms with van der Waals surface area (Å²) in [5.41, 5.74) is 0. The zero-order valence-electron chi connectivity index (χ0n) is 3.00. The Bertz CT molecular complexity index is 6.00. The Labute approximate surface area is 42.6 Å². The SMILES string of the molecule is O.[CH3-].[CH3-].[Ti+2]. The van der Waals surface area contributed by atoms with Crippen LogP contribution in [-0.4, -0.2) is 5.48 Å². The predicted molar refractivity (Wildman–Crippen MR) is 16.4 cm³/mol. The van der Waals surface area contributed by atoms with Gasteiger partial charge in [-0.2, -0.15) is 0 Å². The number of hydrogen-bond acceptors (Lipinski definition) is 0. The van der Waals surface area contributed by atoms with Crippen LogP contribution in [0.4, 0.5) is 0 Å². The summed E-state index contributed by atoms with van der Waals surface area (Å²) in [6, 6.07) is 0. The van der Waals surface area contributed by atoms with Crippen molar-refractivity contribution in [3.8, 4) is 0 Å². The first kappa shape index (κ1) is 139. The van der Waals surface area contributed by atoms with Gasteiger partial charge in [-0.05, 0) is 0 Å². The molecular weight excluding hydrogens is 87.9 g/mol. The first-order valence-electron chi connectivity index (χ1n) is 0. The molecule has 0 rings (SSSR count). The van der Waals surface area contributed by atoms with Crippen LogP contribution in [0.2, 0.25) is 0 Å². The molecule has 0 aromatic rings. The van der Waals surface area contributed by atoms with E-state index in [1.807, 2.05) is 0 Å². The molecule has 0 aliphatic carbocycles. The van der Waals surface area contributed by atoms with Gasteiger partial charge in [0.05, 0.1) is 0 Å². The summed E-state index contributed by atoms with van der Waals surface area (Å²) in [5, 5.41) is 0. The van der Waals surface area contributed by atoms with Gasteiger partial charge in [-0.3, -0.25) is 0 Å². The molecule has 4 heavy (non-hydrogen) atoms. The smallest absolute Gasteiger partial charge is 0.412 e. The van der Waals surface area contributed by atoms with Crippen molar-refractivity contribution in [1.82, 2.24) is 0 Å². The molecule has 0 bridgehead atoms. The van der Waals surface area contributed by atoms with Crippen molar-refractivity contribution in [2.75, 3.05) is 0 Å². The van der Waals surface area contributed by atoms with Crippen LogP contribution < -0.4 is 0 Å². The van der Waals surface area contributed by atoms with Gasteiger partial charge in [-0.1, -0.05) is 0 Å². The molecule has 0 spiro atoms. The van der Waals surface area contributed by atoms with Gasteiger partial charge in [0.1, 0.15) is 0 Å². The van der Waals surface area contributed by atoms with E-state index in [1.54, 1.807) is 0 Å². The van der Waals surface area contributed by atoms with Crippen LogP contribution in [0.15, 0.2) is 0 Å². The van der Waals surface area contributed by atoms with Gasteiger partial charge in [0.25, 0.3) is 0 Å². The van der Waals surface area contributed by atoms with Crippen molar-refractivity contribution < 1.29 is 27.2 Å². The first-order valence-corrected chi connectivity index (χ1v) is 0. The summed E-state index contributed by atoms with van der Waals surface area (Å²) in [4.78, 5) is 0. The Hall–Kier alpha value is 0.674. The van der Waals surface area contributed by atoms with Gasteiger partial charge >= 0.3 is 21.7 Å². The molecular formula is C2H8OTi. The topological polar surface area (TPSA) is 31.5 Å². The maximum Gasteiger partial charge on any atom is 2.00 e. The summed E-state index contributed by atoms with van der Waals surface area (Å²) in [5.74, 6) is 0. The van der Waals surface area contributed by atoms with Gasteiger partial charge in [0.2, 0.25) is 0 Å². The molecule has 0 atom stereocenters. The van der Waals surface area contributed by atoms with Gasteiger partial charge in [0.15, 0.2) is 0 Å². The van der Waals surface area contributed by atoms with E-state index in [-0.39, 0.29) is 42.0 Å². The Morgan fingerprint density at radius 3 is 0.750 bits per heavy atom. The zero-order valence-corrected chi connectivity index (χ0v) is 4.56. The Balaban J connectivity index is 0. The van der Waals surface area contributed by atoms with Crippen LogP contribution in [0.25, 0.3) is 0 Å². The second-order valence-electron chi connectivity index (χ2n) is 0. The Morgan fingerprint density at radius 1 is 0.750 bits per heavy atom. The molecule has 0 fully saturated rings. The summed E-state index contributed by atoms with van der Waals surface area (Å²) in [7, 11) is 0. The third-order valence-corrected chi connectivity index (χ3v) is 0. The third-order valence-electron chi connectivity index (χ3n) is 0. The van der Waals surface area contributed by atoms with E-state index in [4.69, 9.17) is 0 Å². The van der Waals surface area contributed by atoms with E-state index >= 15 is 0 Å². The standard InChI is InChI=1S/2CH3.H2O.Ti/h2*1H3;1H2;/q2*-1;;+2. The summed E-state index contributed by atoms with van der Waals surface area (Å²) >= 11 is 0. The van der Waals surface area contributed by atoms with Crippen molar-refractivity contribution in [1.29, 1.82) is 0 Å². The quantitative estimate of drug-likeness (QED) is 0.302. The fourth-order valence-electron chi connectivity index (χ4n) is 0. The maximum absolute atomic E-state index is 0. The van der Waals surface area contributed by atoms with E-state index in [0.29, 0.717) is 0 Å². The molecule has 0 radical (unpaired) electrons. The second-order valence-corrected chi connectivity index (χ2v) is 0. The van der Waals surface area contributed by atoms with Crippen molar-refractivity contribution in [2.45, 2.75) is 0 Å². The molecule has 0 saturated heterocycles. The van der Waals surface area contributed by atoms with E-state index < -0.39 is 0 Å². The molecule has 2 heteroatoms. The van der Waals surface area contributed by atoms with Gasteiger partial charge < -0.3 is 20.3 Å². The molecule has 0 aliphatic heterocycles. The van der Waals surface area contributed by atoms with Crippen molar-refractivity contribution in [2.24, 2.45) is 0 Å². The molecule has 2 N–H and O–H groups in total. The van der Waals surface area contributed by atoms with Crippen LogP contribution in [0, 0.1) is 14.9 Å². The zero-order chi connectivity index (χ0) is 0. The van der Waals surface area contributed by atoms with E-state index in [0.717, 1.165) is 0 Å². The fourth-order valence-corrected chi connectivity index (χ4v) is 0. The summed E-state index contributed by atoms with van der Waals surface area (Å²) in [6.45, 7) is 0. The minimum Gasteiger partial charge on any atom is -0.412 e.